The molecule has 2 N–H and O–H groups in total. The highest BCUT2D eigenvalue weighted by Crippen LogP contribution is 2.48. The lowest BCUT2D eigenvalue weighted by molar-refractivity contribution is 1.18. The Balaban J connectivity index is 1.11. The molecule has 0 spiro atoms. The van der Waals surface area contributed by atoms with Gasteiger partial charge in [0, 0.05) is 38.9 Å². The van der Waals surface area contributed by atoms with E-state index in [1.807, 2.05) is 18.2 Å². The molecule has 3 nitrogen and oxygen atoms in total. The van der Waals surface area contributed by atoms with Gasteiger partial charge in [-0.2, -0.15) is 0 Å². The number of para-hydroxylation sites is 1. The van der Waals surface area contributed by atoms with Crippen LogP contribution in [-0.4, -0.2) is 10.3 Å². The van der Waals surface area contributed by atoms with Crippen LogP contribution in [0.1, 0.15) is 11.1 Å². The molecule has 8 aromatic rings. The van der Waals surface area contributed by atoms with E-state index >= 15 is 0 Å². The Hall–Kier alpha value is -6.71. The van der Waals surface area contributed by atoms with Crippen molar-refractivity contribution in [2.75, 3.05) is 0 Å². The Labute approximate surface area is 289 Å². The number of aromatic nitrogens is 1. The van der Waals surface area contributed by atoms with Crippen molar-refractivity contribution in [3.63, 3.8) is 0 Å². The molecule has 0 bridgehead atoms. The van der Waals surface area contributed by atoms with Gasteiger partial charge in [-0.05, 0) is 74.1 Å². The molecule has 0 unspecified atom stereocenters. The summed E-state index contributed by atoms with van der Waals surface area (Å²) >= 11 is 0. The lowest BCUT2D eigenvalue weighted by atomic mass is 9.93. The minimum Gasteiger partial charge on any atom is -0.398 e. The number of fused-ring (bicyclic) bond motifs is 8. The van der Waals surface area contributed by atoms with Crippen molar-refractivity contribution in [3.8, 4) is 27.9 Å². The Morgan fingerprint density at radius 3 is 2.14 bits per heavy atom. The van der Waals surface area contributed by atoms with Crippen LogP contribution in [0.25, 0.3) is 82.7 Å². The van der Waals surface area contributed by atoms with Crippen molar-refractivity contribution < 1.29 is 0 Å². The zero-order valence-electron chi connectivity index (χ0n) is 27.3. The predicted molar refractivity (Wildman–Crippen MR) is 213 cm³/mol. The summed E-state index contributed by atoms with van der Waals surface area (Å²) in [5, 5.41) is 7.32. The van der Waals surface area contributed by atoms with Crippen molar-refractivity contribution in [1.82, 2.24) is 4.57 Å². The molecule has 0 amide bonds. The van der Waals surface area contributed by atoms with Crippen LogP contribution in [-0.2, 0) is 0 Å². The number of aliphatic imine (C=N–C) groups is 1. The van der Waals surface area contributed by atoms with E-state index < -0.39 is 0 Å². The maximum absolute atomic E-state index is 7.09. The molecule has 0 saturated heterocycles. The molecule has 2 aliphatic rings. The number of nitrogens with two attached hydrogens (primary N) is 1. The first-order valence-electron chi connectivity index (χ1n) is 17.0. The number of rotatable bonds is 4. The standard InChI is InChI=1S/C47H31N3/c1-29(31-22-24-41-44(28-31)50(32-13-3-2-4-14-32)43-27-23-30-12-5-6-15-33(30)46(41)43)49-42-21-10-9-18-40(42)47(48)39-26-25-38-35-17-8-7-16-34(35)36-19-11-20-37(39)45(36)38/h2-28H,1,48H2/b47-40-,49-42-. The van der Waals surface area contributed by atoms with Gasteiger partial charge in [0.25, 0.3) is 0 Å². The predicted octanol–water partition coefficient (Wildman–Crippen LogP) is 11.6. The SMILES string of the molecule is C=C(/N=C1/C=CC=C/C1=C(/N)c1ccc2c3c(cccc13)-c1ccccc1-2)c1ccc2c3c4ccccc4ccc3n(-c3ccccc3)c2c1. The van der Waals surface area contributed by atoms with Gasteiger partial charge >= 0.3 is 0 Å². The summed E-state index contributed by atoms with van der Waals surface area (Å²) in [5.41, 5.74) is 20.6. The Bertz CT molecular complexity index is 2850. The van der Waals surface area contributed by atoms with Crippen molar-refractivity contribution in [1.29, 1.82) is 0 Å². The molecule has 2 aliphatic carbocycles. The quantitative estimate of drug-likeness (QED) is 0.205. The minimum absolute atomic E-state index is 0.678. The van der Waals surface area contributed by atoms with Gasteiger partial charge in [0.1, 0.15) is 0 Å². The van der Waals surface area contributed by atoms with Gasteiger partial charge in [-0.3, -0.25) is 0 Å². The number of nitrogens with zero attached hydrogens (tertiary/aromatic N) is 2. The van der Waals surface area contributed by atoms with E-state index in [0.717, 1.165) is 39.0 Å². The summed E-state index contributed by atoms with van der Waals surface area (Å²) in [6, 6.07) is 49.7. The third-order valence-electron chi connectivity index (χ3n) is 10.3. The molecule has 1 heterocycles. The van der Waals surface area contributed by atoms with E-state index in [2.05, 4.69) is 157 Å². The third kappa shape index (κ3) is 4.14. The monoisotopic (exact) mass is 637 g/mol. The summed E-state index contributed by atoms with van der Waals surface area (Å²) in [7, 11) is 0. The fourth-order valence-electron chi connectivity index (χ4n) is 8.02. The highest BCUT2D eigenvalue weighted by Gasteiger charge is 2.23. The van der Waals surface area contributed by atoms with Crippen molar-refractivity contribution in [2.45, 2.75) is 0 Å². The first kappa shape index (κ1) is 28.3. The van der Waals surface area contributed by atoms with Crippen LogP contribution < -0.4 is 5.73 Å². The second-order valence-electron chi connectivity index (χ2n) is 13.0. The lowest BCUT2D eigenvalue weighted by Crippen LogP contribution is -2.10. The molecule has 0 atom stereocenters. The van der Waals surface area contributed by atoms with Crippen LogP contribution in [0.15, 0.2) is 181 Å². The van der Waals surface area contributed by atoms with Gasteiger partial charge in [0.2, 0.25) is 0 Å². The average molecular weight is 638 g/mol. The van der Waals surface area contributed by atoms with Crippen LogP contribution in [0.2, 0.25) is 0 Å². The second kappa shape index (κ2) is 10.9. The topological polar surface area (TPSA) is 43.3 Å². The largest absolute Gasteiger partial charge is 0.398 e. The molecule has 3 heteroatoms. The zero-order chi connectivity index (χ0) is 33.3. The van der Waals surface area contributed by atoms with E-state index in [0.29, 0.717) is 11.4 Å². The van der Waals surface area contributed by atoms with Crippen LogP contribution >= 0.6 is 0 Å². The molecular formula is C47H31N3. The van der Waals surface area contributed by atoms with Gasteiger partial charge in [0.05, 0.1) is 22.4 Å². The highest BCUT2D eigenvalue weighted by molar-refractivity contribution is 6.23. The molecule has 0 saturated carbocycles. The van der Waals surface area contributed by atoms with Gasteiger partial charge in [0.15, 0.2) is 0 Å². The van der Waals surface area contributed by atoms with E-state index in [4.69, 9.17) is 10.7 Å². The van der Waals surface area contributed by atoms with Crippen LogP contribution in [0.4, 0.5) is 0 Å². The smallest absolute Gasteiger partial charge is 0.0730 e. The number of allylic oxidation sites excluding steroid dienone is 5. The Kier molecular flexibility index (Phi) is 6.18. The molecule has 0 fully saturated rings. The third-order valence-corrected chi connectivity index (χ3v) is 10.3. The average Bonchev–Trinajstić information content (AvgIpc) is 3.69. The molecule has 0 aliphatic heterocycles. The summed E-state index contributed by atoms with van der Waals surface area (Å²) in [6.07, 6.45) is 8.11. The first-order chi connectivity index (χ1) is 24.7. The van der Waals surface area contributed by atoms with Gasteiger partial charge in [-0.1, -0.05) is 140 Å². The highest BCUT2D eigenvalue weighted by atomic mass is 15.0. The lowest BCUT2D eigenvalue weighted by Gasteiger charge is -2.15. The maximum atomic E-state index is 7.09. The van der Waals surface area contributed by atoms with E-state index in [1.165, 1.54) is 54.7 Å². The number of hydrogen-bond donors (Lipinski definition) is 1. The molecular weight excluding hydrogens is 607 g/mol. The van der Waals surface area contributed by atoms with Crippen LogP contribution in [0.3, 0.4) is 0 Å². The molecule has 1 aromatic heterocycles. The van der Waals surface area contributed by atoms with Crippen molar-refractivity contribution >= 4 is 60.5 Å². The minimum atomic E-state index is 0.678. The van der Waals surface area contributed by atoms with Gasteiger partial charge < -0.3 is 10.3 Å². The first-order valence-corrected chi connectivity index (χ1v) is 17.0. The van der Waals surface area contributed by atoms with E-state index in [1.54, 1.807) is 0 Å². The Morgan fingerprint density at radius 1 is 0.560 bits per heavy atom. The van der Waals surface area contributed by atoms with Gasteiger partial charge in [-0.15, -0.1) is 0 Å². The molecule has 10 rings (SSSR count). The Morgan fingerprint density at radius 2 is 1.28 bits per heavy atom. The summed E-state index contributed by atoms with van der Waals surface area (Å²) in [4.78, 5) is 5.14. The van der Waals surface area contributed by atoms with Crippen molar-refractivity contribution in [3.05, 3.63) is 187 Å². The number of hydrogen-bond acceptors (Lipinski definition) is 2. The van der Waals surface area contributed by atoms with Crippen molar-refractivity contribution in [2.24, 2.45) is 10.7 Å². The molecule has 50 heavy (non-hydrogen) atoms. The fraction of sp³-hybridized carbons (Fsp3) is 0. The fourth-order valence-corrected chi connectivity index (χ4v) is 8.02. The maximum Gasteiger partial charge on any atom is 0.0730 e. The van der Waals surface area contributed by atoms with E-state index in [9.17, 15) is 0 Å². The zero-order valence-corrected chi connectivity index (χ0v) is 27.3. The molecule has 234 valence electrons. The number of benzene rings is 7. The van der Waals surface area contributed by atoms with Gasteiger partial charge in [-0.25, -0.2) is 4.99 Å². The van der Waals surface area contributed by atoms with Crippen LogP contribution in [0.5, 0.6) is 0 Å². The summed E-state index contributed by atoms with van der Waals surface area (Å²) < 4.78 is 2.35. The normalized spacial score (nSPS) is 15.1. The van der Waals surface area contributed by atoms with E-state index in [-0.39, 0.29) is 0 Å². The molecule has 7 aromatic carbocycles. The summed E-state index contributed by atoms with van der Waals surface area (Å²) in [5.74, 6) is 0. The second-order valence-corrected chi connectivity index (χ2v) is 13.0. The van der Waals surface area contributed by atoms with Crippen LogP contribution in [0, 0.1) is 0 Å². The summed E-state index contributed by atoms with van der Waals surface area (Å²) in [6.45, 7) is 4.48. The molecule has 0 radical (unpaired) electrons.